The molecular weight excluding hydrogens is 523 g/mol. The Kier molecular flexibility index (Phi) is 7.12. The number of amides is 2. The van der Waals surface area contributed by atoms with Gasteiger partial charge in [-0.05, 0) is 49.9 Å². The van der Waals surface area contributed by atoms with Gasteiger partial charge in [-0.15, -0.1) is 0 Å². The summed E-state index contributed by atoms with van der Waals surface area (Å²) in [7, 11) is 3.96. The van der Waals surface area contributed by atoms with Gasteiger partial charge in [0.05, 0.1) is 16.8 Å². The zero-order valence-electron chi connectivity index (χ0n) is 19.4. The molecule has 0 saturated heterocycles. The first-order valence-corrected chi connectivity index (χ1v) is 12.1. The van der Waals surface area contributed by atoms with Gasteiger partial charge in [0.15, 0.2) is 0 Å². The number of nitrogens with zero attached hydrogens (tertiary/aromatic N) is 3. The quantitative estimate of drug-likeness (QED) is 0.386. The van der Waals surface area contributed by atoms with Gasteiger partial charge in [0, 0.05) is 47.8 Å². The van der Waals surface area contributed by atoms with E-state index in [1.54, 1.807) is 0 Å². The molecule has 2 amide bonds. The van der Waals surface area contributed by atoms with E-state index in [4.69, 9.17) is 10.7 Å². The van der Waals surface area contributed by atoms with Crippen molar-refractivity contribution < 1.29 is 18.0 Å². The van der Waals surface area contributed by atoms with Gasteiger partial charge < -0.3 is 16.0 Å². The number of pyridine rings is 1. The molecule has 6 nitrogen and oxygen atoms in total. The number of carbonyl (C=O) groups is 1. The Balaban J connectivity index is 1.52. The van der Waals surface area contributed by atoms with Gasteiger partial charge in [-0.25, -0.2) is 9.78 Å². The molecule has 1 saturated carbocycles. The zero-order valence-corrected chi connectivity index (χ0v) is 21.0. The number of alkyl halides is 3. The van der Waals surface area contributed by atoms with Crippen LogP contribution in [0.5, 0.6) is 0 Å². The Labute approximate surface area is 210 Å². The highest BCUT2D eigenvalue weighted by Crippen LogP contribution is 2.40. The number of rotatable bonds is 5. The molecule has 2 aromatic carbocycles. The Morgan fingerprint density at radius 2 is 1.74 bits per heavy atom. The molecule has 1 fully saturated rings. The number of para-hydroxylation sites is 1. The second kappa shape index (κ2) is 9.93. The lowest BCUT2D eigenvalue weighted by molar-refractivity contribution is -0.137. The molecule has 186 valence electrons. The lowest BCUT2D eigenvalue weighted by Crippen LogP contribution is -2.47. The van der Waals surface area contributed by atoms with Crippen LogP contribution in [-0.4, -0.2) is 37.2 Å². The smallest absolute Gasteiger partial charge is 0.377 e. The molecule has 35 heavy (non-hydrogen) atoms. The molecular formula is C25H27BrF3N5O. The minimum atomic E-state index is -4.61. The predicted octanol–water partition coefficient (Wildman–Crippen LogP) is 6.39. The molecule has 3 aromatic rings. The van der Waals surface area contributed by atoms with Gasteiger partial charge in [-0.2, -0.15) is 13.2 Å². The van der Waals surface area contributed by atoms with Crippen molar-refractivity contribution in [2.45, 2.75) is 43.9 Å². The van der Waals surface area contributed by atoms with Crippen LogP contribution in [0, 0.1) is 0 Å². The summed E-state index contributed by atoms with van der Waals surface area (Å²) < 4.78 is 41.4. The van der Waals surface area contributed by atoms with Crippen LogP contribution in [0.25, 0.3) is 10.9 Å². The first-order valence-electron chi connectivity index (χ1n) is 11.3. The van der Waals surface area contributed by atoms with E-state index in [1.165, 1.54) is 12.1 Å². The summed E-state index contributed by atoms with van der Waals surface area (Å²) >= 11 is 3.09. The molecule has 0 atom stereocenters. The number of halogens is 4. The number of nitrogens with one attached hydrogen (secondary N) is 1. The number of anilines is 3. The molecule has 3 N–H and O–H groups in total. The molecule has 1 aliphatic carbocycles. The average Bonchev–Trinajstić information content (AvgIpc) is 2.80. The van der Waals surface area contributed by atoms with Crippen molar-refractivity contribution in [3.8, 4) is 0 Å². The molecule has 0 unspecified atom stereocenters. The fourth-order valence-corrected chi connectivity index (χ4v) is 5.09. The molecule has 0 spiro atoms. The third-order valence-electron chi connectivity index (χ3n) is 6.35. The first-order chi connectivity index (χ1) is 16.5. The lowest BCUT2D eigenvalue weighted by atomic mass is 9.89. The number of urea groups is 1. The van der Waals surface area contributed by atoms with Gasteiger partial charge in [0.2, 0.25) is 0 Å². The maximum atomic E-state index is 13.7. The SMILES string of the molecule is CN(C)c1cc(NC2CCC(N(C(N)=O)c3ccc(Br)cc3C(F)(F)F)CC2)nc2ccccc12. The molecule has 10 heteroatoms. The Morgan fingerprint density at radius 3 is 2.37 bits per heavy atom. The van der Waals surface area contributed by atoms with Crippen molar-refractivity contribution >= 4 is 50.1 Å². The highest BCUT2D eigenvalue weighted by Gasteiger charge is 2.38. The Bertz CT molecular complexity index is 1230. The van der Waals surface area contributed by atoms with Gasteiger partial charge in [-0.3, -0.25) is 4.90 Å². The van der Waals surface area contributed by atoms with E-state index in [0.29, 0.717) is 25.7 Å². The number of benzene rings is 2. The number of aromatic nitrogens is 1. The van der Waals surface area contributed by atoms with Gasteiger partial charge in [-0.1, -0.05) is 34.1 Å². The summed E-state index contributed by atoms with van der Waals surface area (Å²) in [4.78, 5) is 20.2. The molecule has 1 heterocycles. The van der Waals surface area contributed by atoms with Crippen molar-refractivity contribution in [3.63, 3.8) is 0 Å². The summed E-state index contributed by atoms with van der Waals surface area (Å²) in [5, 5.41) is 4.54. The lowest BCUT2D eigenvalue weighted by Gasteiger charge is -2.37. The zero-order chi connectivity index (χ0) is 25.3. The number of carbonyl (C=O) groups excluding carboxylic acids is 1. The third-order valence-corrected chi connectivity index (χ3v) is 6.84. The minimum Gasteiger partial charge on any atom is -0.377 e. The van der Waals surface area contributed by atoms with Crippen LogP contribution >= 0.6 is 15.9 Å². The van der Waals surface area contributed by atoms with E-state index >= 15 is 0 Å². The summed E-state index contributed by atoms with van der Waals surface area (Å²) in [6, 6.07) is 12.4. The minimum absolute atomic E-state index is 0.0802. The molecule has 0 bridgehead atoms. The van der Waals surface area contributed by atoms with E-state index < -0.39 is 23.8 Å². The molecule has 0 radical (unpaired) electrons. The maximum absolute atomic E-state index is 13.7. The van der Waals surface area contributed by atoms with Gasteiger partial charge in [0.1, 0.15) is 5.82 Å². The van der Waals surface area contributed by atoms with Crippen molar-refractivity contribution in [3.05, 3.63) is 58.6 Å². The van der Waals surface area contributed by atoms with E-state index in [2.05, 4.69) is 21.2 Å². The van der Waals surface area contributed by atoms with E-state index in [-0.39, 0.29) is 16.2 Å². The Morgan fingerprint density at radius 1 is 1.06 bits per heavy atom. The number of hydrogen-bond acceptors (Lipinski definition) is 4. The molecule has 1 aliphatic rings. The summed E-state index contributed by atoms with van der Waals surface area (Å²) in [6.45, 7) is 0. The van der Waals surface area contributed by atoms with Gasteiger partial charge >= 0.3 is 12.2 Å². The monoisotopic (exact) mass is 549 g/mol. The third kappa shape index (κ3) is 5.47. The largest absolute Gasteiger partial charge is 0.418 e. The summed E-state index contributed by atoms with van der Waals surface area (Å²) in [5.74, 6) is 0.745. The van der Waals surface area contributed by atoms with Crippen molar-refractivity contribution in [1.82, 2.24) is 4.98 Å². The summed E-state index contributed by atoms with van der Waals surface area (Å²) in [6.07, 6.45) is -2.25. The number of fused-ring (bicyclic) bond motifs is 1. The van der Waals surface area contributed by atoms with E-state index in [9.17, 15) is 18.0 Å². The fraction of sp³-hybridized carbons (Fsp3) is 0.360. The van der Waals surface area contributed by atoms with Crippen LogP contribution in [0.15, 0.2) is 53.0 Å². The second-order valence-electron chi connectivity index (χ2n) is 8.96. The number of primary amides is 1. The van der Waals surface area contributed by atoms with Gasteiger partial charge in [0.25, 0.3) is 0 Å². The van der Waals surface area contributed by atoms with E-state index in [0.717, 1.165) is 33.4 Å². The summed E-state index contributed by atoms with van der Waals surface area (Å²) in [5.41, 5.74) is 6.41. The van der Waals surface area contributed by atoms with Crippen molar-refractivity contribution in [2.75, 3.05) is 29.2 Å². The first kappa shape index (κ1) is 25.1. The standard InChI is InChI=1S/C25H27BrF3N5O/c1-33(2)22-14-23(32-20-6-4-3-5-18(20)22)31-16-8-10-17(11-9-16)34(24(30)35)21-12-7-15(26)13-19(21)25(27,28)29/h3-7,12-14,16-17H,8-11H2,1-2H3,(H2,30,35)(H,31,32). The van der Waals surface area contributed by atoms with Crippen LogP contribution in [-0.2, 0) is 6.18 Å². The van der Waals surface area contributed by atoms with Crippen LogP contribution in [0.2, 0.25) is 0 Å². The predicted molar refractivity (Wildman–Crippen MR) is 137 cm³/mol. The molecule has 1 aromatic heterocycles. The average molecular weight is 550 g/mol. The maximum Gasteiger partial charge on any atom is 0.418 e. The van der Waals surface area contributed by atoms with Crippen LogP contribution in [0.4, 0.5) is 35.2 Å². The number of nitrogens with two attached hydrogens (primary N) is 1. The second-order valence-corrected chi connectivity index (χ2v) is 9.87. The fourth-order valence-electron chi connectivity index (χ4n) is 4.73. The molecule has 0 aliphatic heterocycles. The van der Waals surface area contributed by atoms with Crippen molar-refractivity contribution in [2.24, 2.45) is 5.73 Å². The Hall–Kier alpha value is -3.01. The highest BCUT2D eigenvalue weighted by atomic mass is 79.9. The van der Waals surface area contributed by atoms with Crippen LogP contribution in [0.1, 0.15) is 31.2 Å². The number of hydrogen-bond donors (Lipinski definition) is 2. The van der Waals surface area contributed by atoms with E-state index in [1.807, 2.05) is 49.3 Å². The highest BCUT2D eigenvalue weighted by molar-refractivity contribution is 9.10. The topological polar surface area (TPSA) is 74.5 Å². The van der Waals surface area contributed by atoms with Crippen LogP contribution < -0.4 is 20.9 Å². The normalized spacial score (nSPS) is 18.3. The molecule has 4 rings (SSSR count). The van der Waals surface area contributed by atoms with Crippen molar-refractivity contribution in [1.29, 1.82) is 0 Å². The van der Waals surface area contributed by atoms with Crippen LogP contribution in [0.3, 0.4) is 0 Å².